The summed E-state index contributed by atoms with van der Waals surface area (Å²) in [4.78, 5) is 28.0. The monoisotopic (exact) mass is 548 g/mol. The molecule has 0 aromatic heterocycles. The molecule has 5 rings (SSSR count). The molecule has 0 spiro atoms. The first kappa shape index (κ1) is 27.3. The summed E-state index contributed by atoms with van der Waals surface area (Å²) in [7, 11) is 1.54. The maximum atomic E-state index is 14.1. The molecule has 41 heavy (non-hydrogen) atoms. The highest BCUT2D eigenvalue weighted by atomic mass is 16.5. The number of ether oxygens (including phenoxy) is 3. The SMILES string of the molecule is COc1ccc2c(c1OCc1ccccc1)C[C@H](C(=O)O)N(C(=O)[C@@H](Oc1ccc(C#N)cc1)c1ccccc1)C2. The van der Waals surface area contributed by atoms with E-state index >= 15 is 0 Å². The maximum Gasteiger partial charge on any atom is 0.326 e. The second kappa shape index (κ2) is 12.3. The maximum absolute atomic E-state index is 14.1. The lowest BCUT2D eigenvalue weighted by atomic mass is 9.91. The van der Waals surface area contributed by atoms with Crippen LogP contribution in [0.3, 0.4) is 0 Å². The molecule has 0 aliphatic carbocycles. The fourth-order valence-electron chi connectivity index (χ4n) is 4.90. The first-order chi connectivity index (χ1) is 20.0. The second-order valence-electron chi connectivity index (χ2n) is 9.58. The number of nitriles is 1. The average molecular weight is 549 g/mol. The standard InChI is InChI=1S/C33H28N2O6/c1-39-29-17-14-25-20-35(28(33(37)38)18-27(25)31(29)40-21-23-8-4-2-5-9-23)32(36)30(24-10-6-3-7-11-24)41-26-15-12-22(19-34)13-16-26/h2-17,28,30H,18,20-21H2,1H3,(H,37,38)/t28-,30+/m1/s1. The van der Waals surface area contributed by atoms with E-state index in [9.17, 15) is 14.7 Å². The van der Waals surface area contributed by atoms with Crippen LogP contribution in [-0.4, -0.2) is 35.0 Å². The van der Waals surface area contributed by atoms with Crippen LogP contribution in [-0.2, 0) is 29.2 Å². The number of amides is 1. The topological polar surface area (TPSA) is 109 Å². The van der Waals surface area contributed by atoms with Crippen molar-refractivity contribution < 1.29 is 28.9 Å². The fourth-order valence-corrected chi connectivity index (χ4v) is 4.90. The lowest BCUT2D eigenvalue weighted by molar-refractivity contribution is -0.155. The van der Waals surface area contributed by atoms with Gasteiger partial charge < -0.3 is 24.2 Å². The Balaban J connectivity index is 1.48. The molecule has 1 heterocycles. The van der Waals surface area contributed by atoms with E-state index in [1.807, 2.05) is 42.5 Å². The van der Waals surface area contributed by atoms with Crippen LogP contribution in [0.4, 0.5) is 0 Å². The third-order valence-electron chi connectivity index (χ3n) is 7.01. The summed E-state index contributed by atoms with van der Waals surface area (Å²) in [6, 6.07) is 29.5. The second-order valence-corrected chi connectivity index (χ2v) is 9.58. The van der Waals surface area contributed by atoms with Gasteiger partial charge in [0.25, 0.3) is 5.91 Å². The Labute approximate surface area is 237 Å². The summed E-state index contributed by atoms with van der Waals surface area (Å²) in [5.41, 5.74) is 3.46. The number of carbonyl (C=O) groups is 2. The predicted molar refractivity (Wildman–Crippen MR) is 150 cm³/mol. The zero-order chi connectivity index (χ0) is 28.8. The lowest BCUT2D eigenvalue weighted by Crippen LogP contribution is -2.51. The molecule has 0 saturated heterocycles. The Morgan fingerprint density at radius 2 is 1.66 bits per heavy atom. The highest BCUT2D eigenvalue weighted by molar-refractivity contribution is 5.88. The van der Waals surface area contributed by atoms with Gasteiger partial charge in [-0.2, -0.15) is 5.26 Å². The van der Waals surface area contributed by atoms with Gasteiger partial charge in [0, 0.05) is 24.1 Å². The number of rotatable bonds is 9. The van der Waals surface area contributed by atoms with Crippen LogP contribution >= 0.6 is 0 Å². The van der Waals surface area contributed by atoms with E-state index in [2.05, 4.69) is 6.07 Å². The van der Waals surface area contributed by atoms with Gasteiger partial charge in [0.05, 0.1) is 18.7 Å². The van der Waals surface area contributed by atoms with E-state index in [1.165, 1.54) is 12.0 Å². The van der Waals surface area contributed by atoms with Crippen LogP contribution in [0.15, 0.2) is 97.1 Å². The first-order valence-electron chi connectivity index (χ1n) is 13.1. The van der Waals surface area contributed by atoms with Gasteiger partial charge in [-0.15, -0.1) is 0 Å². The first-order valence-corrected chi connectivity index (χ1v) is 13.1. The Kier molecular flexibility index (Phi) is 8.16. The molecule has 1 aliphatic rings. The van der Waals surface area contributed by atoms with Gasteiger partial charge in [-0.05, 0) is 41.5 Å². The molecule has 1 N–H and O–H groups in total. The minimum atomic E-state index is -1.16. The zero-order valence-corrected chi connectivity index (χ0v) is 22.4. The minimum Gasteiger partial charge on any atom is -0.493 e. The van der Waals surface area contributed by atoms with Crippen molar-refractivity contribution in [2.24, 2.45) is 0 Å². The van der Waals surface area contributed by atoms with Crippen molar-refractivity contribution in [3.05, 3.63) is 125 Å². The molecule has 1 aliphatic heterocycles. The molecule has 4 aromatic carbocycles. The van der Waals surface area contributed by atoms with Crippen molar-refractivity contribution in [2.45, 2.75) is 31.7 Å². The number of fused-ring (bicyclic) bond motifs is 1. The molecule has 0 saturated carbocycles. The van der Waals surface area contributed by atoms with E-state index in [0.717, 1.165) is 11.1 Å². The van der Waals surface area contributed by atoms with E-state index in [0.29, 0.717) is 33.9 Å². The summed E-state index contributed by atoms with van der Waals surface area (Å²) in [5.74, 6) is -0.264. The number of aliphatic carboxylic acids is 1. The number of methoxy groups -OCH3 is 1. The zero-order valence-electron chi connectivity index (χ0n) is 22.4. The molecule has 1 amide bonds. The highest BCUT2D eigenvalue weighted by Gasteiger charge is 2.40. The summed E-state index contributed by atoms with van der Waals surface area (Å²) >= 11 is 0. The van der Waals surface area contributed by atoms with E-state index in [4.69, 9.17) is 19.5 Å². The van der Waals surface area contributed by atoms with Gasteiger partial charge in [0.2, 0.25) is 6.10 Å². The molecular formula is C33H28N2O6. The number of carboxylic acid groups (broad SMARTS) is 1. The largest absolute Gasteiger partial charge is 0.493 e. The van der Waals surface area contributed by atoms with Crippen LogP contribution in [0.25, 0.3) is 0 Å². The average Bonchev–Trinajstić information content (AvgIpc) is 3.02. The van der Waals surface area contributed by atoms with E-state index in [1.54, 1.807) is 54.6 Å². The summed E-state index contributed by atoms with van der Waals surface area (Å²) < 4.78 is 17.9. The number of carbonyl (C=O) groups excluding carboxylic acids is 1. The van der Waals surface area contributed by atoms with Gasteiger partial charge in [0.1, 0.15) is 18.4 Å². The fraction of sp³-hybridized carbons (Fsp3) is 0.182. The Morgan fingerprint density at radius 3 is 2.29 bits per heavy atom. The van der Waals surface area contributed by atoms with Gasteiger partial charge in [-0.25, -0.2) is 4.79 Å². The number of benzene rings is 4. The smallest absolute Gasteiger partial charge is 0.326 e. The van der Waals surface area contributed by atoms with E-state index < -0.39 is 24.0 Å². The van der Waals surface area contributed by atoms with Crippen molar-refractivity contribution in [2.75, 3.05) is 7.11 Å². The van der Waals surface area contributed by atoms with Crippen molar-refractivity contribution >= 4 is 11.9 Å². The lowest BCUT2D eigenvalue weighted by Gasteiger charge is -2.37. The number of hydrogen-bond acceptors (Lipinski definition) is 6. The normalized spacial score (nSPS) is 14.7. The van der Waals surface area contributed by atoms with Gasteiger partial charge in [0.15, 0.2) is 11.5 Å². The Bertz CT molecular complexity index is 1570. The summed E-state index contributed by atoms with van der Waals surface area (Å²) in [6.45, 7) is 0.333. The minimum absolute atomic E-state index is 0.0378. The third-order valence-corrected chi connectivity index (χ3v) is 7.01. The van der Waals surface area contributed by atoms with Crippen LogP contribution in [0, 0.1) is 11.3 Å². The van der Waals surface area contributed by atoms with Crippen LogP contribution in [0.1, 0.15) is 33.9 Å². The number of nitrogens with zero attached hydrogens (tertiary/aromatic N) is 2. The molecule has 8 heteroatoms. The van der Waals surface area contributed by atoms with Crippen LogP contribution in [0.2, 0.25) is 0 Å². The molecule has 8 nitrogen and oxygen atoms in total. The van der Waals surface area contributed by atoms with Gasteiger partial charge >= 0.3 is 5.97 Å². The van der Waals surface area contributed by atoms with Gasteiger partial charge in [-0.3, -0.25) is 4.79 Å². The van der Waals surface area contributed by atoms with Crippen LogP contribution in [0.5, 0.6) is 17.2 Å². The van der Waals surface area contributed by atoms with Crippen molar-refractivity contribution in [1.29, 1.82) is 5.26 Å². The summed E-state index contributed by atoms with van der Waals surface area (Å²) in [5, 5.41) is 19.4. The molecule has 0 unspecified atom stereocenters. The quantitative estimate of drug-likeness (QED) is 0.302. The van der Waals surface area contributed by atoms with Crippen molar-refractivity contribution in [1.82, 2.24) is 4.90 Å². The number of carboxylic acids is 1. The molecule has 0 bridgehead atoms. The van der Waals surface area contributed by atoms with E-state index in [-0.39, 0.29) is 19.6 Å². The Hall–Kier alpha value is -5.29. The molecule has 2 atom stereocenters. The molecule has 0 radical (unpaired) electrons. The molecule has 206 valence electrons. The van der Waals surface area contributed by atoms with Crippen molar-refractivity contribution in [3.8, 4) is 23.3 Å². The predicted octanol–water partition coefficient (Wildman–Crippen LogP) is 5.30. The third kappa shape index (κ3) is 5.99. The molecular weight excluding hydrogens is 520 g/mol. The van der Waals surface area contributed by atoms with Gasteiger partial charge in [-0.1, -0.05) is 66.7 Å². The van der Waals surface area contributed by atoms with Crippen LogP contribution < -0.4 is 14.2 Å². The van der Waals surface area contributed by atoms with Crippen molar-refractivity contribution in [3.63, 3.8) is 0 Å². The number of hydrogen-bond donors (Lipinski definition) is 1. The highest BCUT2D eigenvalue weighted by Crippen LogP contribution is 2.40. The molecule has 4 aromatic rings. The Morgan fingerprint density at radius 1 is 0.976 bits per heavy atom. The molecule has 0 fully saturated rings. The summed E-state index contributed by atoms with van der Waals surface area (Å²) in [6.07, 6.45) is -1.06.